The number of nitrogens with zero attached hydrogens (tertiary/aromatic N) is 1. The fraction of sp³-hybridized carbons (Fsp3) is 0.353. The molecule has 0 spiro atoms. The van der Waals surface area contributed by atoms with Crippen LogP contribution in [-0.4, -0.2) is 4.57 Å². The van der Waals surface area contributed by atoms with E-state index >= 15 is 0 Å². The number of aryl methyl sites for hydroxylation is 2. The summed E-state index contributed by atoms with van der Waals surface area (Å²) in [4.78, 5) is 11.9. The lowest BCUT2D eigenvalue weighted by atomic mass is 10.0. The molecule has 3 heteroatoms. The first-order valence-corrected chi connectivity index (χ1v) is 7.11. The van der Waals surface area contributed by atoms with Crippen LogP contribution in [0.15, 0.2) is 47.4 Å². The van der Waals surface area contributed by atoms with Gasteiger partial charge in [0.15, 0.2) is 0 Å². The number of benzene rings is 1. The first kappa shape index (κ1) is 14.5. The molecule has 2 rings (SSSR count). The monoisotopic (exact) mass is 270 g/mol. The number of aromatic nitrogens is 1. The Hall–Kier alpha value is -1.87. The van der Waals surface area contributed by atoms with Gasteiger partial charge in [-0.25, -0.2) is 0 Å². The van der Waals surface area contributed by atoms with Crippen LogP contribution < -0.4 is 11.3 Å². The Bertz CT molecular complexity index is 614. The van der Waals surface area contributed by atoms with Gasteiger partial charge in [0.05, 0.1) is 0 Å². The van der Waals surface area contributed by atoms with Crippen LogP contribution in [0, 0.1) is 6.92 Å². The van der Waals surface area contributed by atoms with Crippen LogP contribution >= 0.6 is 0 Å². The van der Waals surface area contributed by atoms with Crippen molar-refractivity contribution in [3.8, 4) is 0 Å². The summed E-state index contributed by atoms with van der Waals surface area (Å²) in [7, 11) is 0. The molecular weight excluding hydrogens is 248 g/mol. The molecule has 0 amide bonds. The van der Waals surface area contributed by atoms with Crippen LogP contribution in [0.4, 0.5) is 0 Å². The Kier molecular flexibility index (Phi) is 4.74. The molecule has 1 atom stereocenters. The van der Waals surface area contributed by atoms with Gasteiger partial charge in [-0.05, 0) is 36.1 Å². The van der Waals surface area contributed by atoms with E-state index in [1.54, 1.807) is 10.6 Å². The maximum atomic E-state index is 11.9. The molecule has 2 N–H and O–H groups in total. The Labute approximate surface area is 120 Å². The summed E-state index contributed by atoms with van der Waals surface area (Å²) in [5.74, 6) is 0. The maximum Gasteiger partial charge on any atom is 0.250 e. The predicted molar refractivity (Wildman–Crippen MR) is 82.8 cm³/mol. The third-order valence-electron chi connectivity index (χ3n) is 3.49. The van der Waals surface area contributed by atoms with E-state index in [0.717, 1.165) is 24.0 Å². The molecule has 1 aromatic heterocycles. The minimum absolute atomic E-state index is 0.00283. The summed E-state index contributed by atoms with van der Waals surface area (Å²) in [5.41, 5.74) is 9.57. The molecule has 0 bridgehead atoms. The second-order valence-electron chi connectivity index (χ2n) is 5.29. The number of rotatable bonds is 5. The summed E-state index contributed by atoms with van der Waals surface area (Å²) in [6, 6.07) is 11.8. The van der Waals surface area contributed by atoms with E-state index in [4.69, 9.17) is 5.73 Å². The summed E-state index contributed by atoms with van der Waals surface area (Å²) in [6.45, 7) is 4.59. The molecular formula is C17H22N2O. The largest absolute Gasteiger partial charge is 0.322 e. The van der Waals surface area contributed by atoms with Crippen molar-refractivity contribution in [2.24, 2.45) is 5.73 Å². The zero-order valence-electron chi connectivity index (χ0n) is 12.2. The lowest BCUT2D eigenvalue weighted by Crippen LogP contribution is -2.26. The zero-order chi connectivity index (χ0) is 14.5. The number of hydrogen-bond acceptors (Lipinski definition) is 2. The van der Waals surface area contributed by atoms with E-state index in [-0.39, 0.29) is 11.6 Å². The van der Waals surface area contributed by atoms with Gasteiger partial charge in [0.25, 0.3) is 5.56 Å². The average Bonchev–Trinajstić information content (AvgIpc) is 2.43. The van der Waals surface area contributed by atoms with Crippen molar-refractivity contribution < 1.29 is 0 Å². The molecule has 1 aromatic carbocycles. The minimum atomic E-state index is -0.161. The van der Waals surface area contributed by atoms with E-state index in [0.29, 0.717) is 6.54 Å². The van der Waals surface area contributed by atoms with Crippen LogP contribution in [0.2, 0.25) is 0 Å². The van der Waals surface area contributed by atoms with Crippen molar-refractivity contribution in [1.29, 1.82) is 0 Å². The van der Waals surface area contributed by atoms with Gasteiger partial charge in [0.1, 0.15) is 0 Å². The van der Waals surface area contributed by atoms with E-state index in [2.05, 4.69) is 31.2 Å². The molecule has 0 aliphatic carbocycles. The third-order valence-corrected chi connectivity index (χ3v) is 3.49. The molecule has 0 aliphatic rings. The third kappa shape index (κ3) is 3.58. The molecule has 0 radical (unpaired) electrons. The zero-order valence-corrected chi connectivity index (χ0v) is 12.2. The molecule has 0 saturated heterocycles. The fourth-order valence-electron chi connectivity index (χ4n) is 2.30. The van der Waals surface area contributed by atoms with E-state index in [1.165, 1.54) is 5.56 Å². The van der Waals surface area contributed by atoms with E-state index in [9.17, 15) is 4.79 Å². The first-order valence-electron chi connectivity index (χ1n) is 7.11. The van der Waals surface area contributed by atoms with Crippen LogP contribution in [0.3, 0.4) is 0 Å². The van der Waals surface area contributed by atoms with Crippen molar-refractivity contribution in [3.05, 3.63) is 69.6 Å². The summed E-state index contributed by atoms with van der Waals surface area (Å²) in [5, 5.41) is 0. The smallest absolute Gasteiger partial charge is 0.250 e. The maximum absolute atomic E-state index is 11.9. The van der Waals surface area contributed by atoms with Crippen LogP contribution in [-0.2, 0) is 13.0 Å². The molecule has 1 heterocycles. The lowest BCUT2D eigenvalue weighted by molar-refractivity contribution is 0.561. The van der Waals surface area contributed by atoms with Crippen molar-refractivity contribution in [1.82, 2.24) is 4.57 Å². The van der Waals surface area contributed by atoms with Gasteiger partial charge in [-0.3, -0.25) is 4.79 Å². The van der Waals surface area contributed by atoms with Crippen molar-refractivity contribution in [2.45, 2.75) is 39.3 Å². The topological polar surface area (TPSA) is 48.0 Å². The Morgan fingerprint density at radius 2 is 1.90 bits per heavy atom. The van der Waals surface area contributed by atoms with Gasteiger partial charge >= 0.3 is 0 Å². The molecule has 1 unspecified atom stereocenters. The van der Waals surface area contributed by atoms with Gasteiger partial charge in [-0.1, -0.05) is 37.6 Å². The van der Waals surface area contributed by atoms with E-state index in [1.807, 2.05) is 19.2 Å². The van der Waals surface area contributed by atoms with Crippen LogP contribution in [0.1, 0.15) is 36.1 Å². The SMILES string of the molecule is CCCc1ccc(C(N)Cn2ccc(C)cc2=O)cc1. The fourth-order valence-corrected chi connectivity index (χ4v) is 2.30. The number of hydrogen-bond donors (Lipinski definition) is 1. The molecule has 0 saturated carbocycles. The quantitative estimate of drug-likeness (QED) is 0.908. The Balaban J connectivity index is 2.11. The van der Waals surface area contributed by atoms with Crippen molar-refractivity contribution >= 4 is 0 Å². The van der Waals surface area contributed by atoms with Gasteiger partial charge in [0, 0.05) is 24.8 Å². The highest BCUT2D eigenvalue weighted by Gasteiger charge is 2.08. The van der Waals surface area contributed by atoms with Crippen molar-refractivity contribution in [2.75, 3.05) is 0 Å². The molecule has 3 nitrogen and oxygen atoms in total. The normalized spacial score (nSPS) is 12.3. The lowest BCUT2D eigenvalue weighted by Gasteiger charge is -2.14. The highest BCUT2D eigenvalue weighted by Crippen LogP contribution is 2.14. The molecule has 106 valence electrons. The minimum Gasteiger partial charge on any atom is -0.322 e. The van der Waals surface area contributed by atoms with Gasteiger partial charge < -0.3 is 10.3 Å². The standard InChI is InChI=1S/C17H22N2O/c1-3-4-14-5-7-15(8-6-14)16(18)12-19-10-9-13(2)11-17(19)20/h5-11,16H,3-4,12,18H2,1-2H3. The van der Waals surface area contributed by atoms with E-state index < -0.39 is 0 Å². The first-order chi connectivity index (χ1) is 9.60. The Morgan fingerprint density at radius 3 is 2.50 bits per heavy atom. The van der Waals surface area contributed by atoms with Crippen LogP contribution in [0.5, 0.6) is 0 Å². The summed E-state index contributed by atoms with van der Waals surface area (Å²) < 4.78 is 1.66. The summed E-state index contributed by atoms with van der Waals surface area (Å²) in [6.07, 6.45) is 4.04. The highest BCUT2D eigenvalue weighted by molar-refractivity contribution is 5.25. The number of nitrogens with two attached hydrogens (primary N) is 1. The van der Waals surface area contributed by atoms with Crippen molar-refractivity contribution in [3.63, 3.8) is 0 Å². The highest BCUT2D eigenvalue weighted by atomic mass is 16.1. The van der Waals surface area contributed by atoms with Crippen LogP contribution in [0.25, 0.3) is 0 Å². The second-order valence-corrected chi connectivity index (χ2v) is 5.29. The second kappa shape index (κ2) is 6.53. The Morgan fingerprint density at radius 1 is 1.20 bits per heavy atom. The molecule has 0 fully saturated rings. The molecule has 20 heavy (non-hydrogen) atoms. The average molecular weight is 270 g/mol. The summed E-state index contributed by atoms with van der Waals surface area (Å²) >= 11 is 0. The number of pyridine rings is 1. The molecule has 2 aromatic rings. The van der Waals surface area contributed by atoms with Gasteiger partial charge in [0.2, 0.25) is 0 Å². The van der Waals surface area contributed by atoms with Gasteiger partial charge in [-0.15, -0.1) is 0 Å². The van der Waals surface area contributed by atoms with Gasteiger partial charge in [-0.2, -0.15) is 0 Å². The molecule has 0 aliphatic heterocycles. The predicted octanol–water partition coefficient (Wildman–Crippen LogP) is 2.81.